The van der Waals surface area contributed by atoms with Crippen molar-refractivity contribution < 1.29 is 49.5 Å². The van der Waals surface area contributed by atoms with Gasteiger partial charge in [-0.15, -0.1) is 0 Å². The molecule has 0 saturated heterocycles. The van der Waals surface area contributed by atoms with Crippen LogP contribution in [0.4, 0.5) is 0 Å². The summed E-state index contributed by atoms with van der Waals surface area (Å²) < 4.78 is 0. The Labute approximate surface area is 142 Å². The van der Waals surface area contributed by atoms with Crippen LogP contribution in [0.1, 0.15) is 0 Å². The first kappa shape index (κ1) is 60.9. The minimum absolute atomic E-state index is 0. The van der Waals surface area contributed by atoms with Crippen LogP contribution in [-0.4, -0.2) is 95.6 Å². The fourth-order valence-corrected chi connectivity index (χ4v) is 0. The monoisotopic (exact) mass is 653 g/mol. The van der Waals surface area contributed by atoms with Crippen LogP contribution in [0.15, 0.2) is 0 Å². The van der Waals surface area contributed by atoms with Gasteiger partial charge in [-0.25, -0.2) is 0 Å². The van der Waals surface area contributed by atoms with E-state index in [2.05, 4.69) is 0 Å². The van der Waals surface area contributed by atoms with Crippen LogP contribution in [0.2, 0.25) is 0 Å². The molecule has 46 valence electrons. The molecule has 0 amide bonds. The van der Waals surface area contributed by atoms with E-state index in [0.717, 1.165) is 0 Å². The van der Waals surface area contributed by atoms with Crippen LogP contribution in [0.5, 0.6) is 0 Å². The molecule has 16 radical (unpaired) electrons. The molecule has 0 aliphatic heterocycles. The first-order valence-electron chi connectivity index (χ1n) is 0. The summed E-state index contributed by atoms with van der Waals surface area (Å²) in [6.45, 7) is 0. The van der Waals surface area contributed by atoms with Crippen molar-refractivity contribution >= 4 is 95.6 Å². The van der Waals surface area contributed by atoms with Crippen molar-refractivity contribution in [3.63, 3.8) is 0 Å². The molecule has 0 aromatic rings. The average Bonchev–Trinajstić information content (AvgIpc) is 0. The van der Waals surface area contributed by atoms with Gasteiger partial charge in [0.15, 0.2) is 0 Å². The zero-order valence-corrected chi connectivity index (χ0v) is 17.3. The Balaban J connectivity index is 0. The van der Waals surface area contributed by atoms with E-state index in [9.17, 15) is 0 Å². The minimum atomic E-state index is 0. The third-order valence-electron chi connectivity index (χ3n) is 0. The normalized spacial score (nSPS) is 0. The number of hydrogen-bond donors (Lipinski definition) is 0. The third kappa shape index (κ3) is 36.8. The second-order valence-corrected chi connectivity index (χ2v) is 0. The Morgan fingerprint density at radius 1 is 0.286 bits per heavy atom. The number of hydrogen-bond acceptors (Lipinski definition) is 0. The Hall–Kier alpha value is 4.68. The van der Waals surface area contributed by atoms with E-state index in [-0.39, 0.29) is 145 Å². The second-order valence-electron chi connectivity index (χ2n) is 0. The van der Waals surface area contributed by atoms with Gasteiger partial charge in [-0.05, 0) is 0 Å². The van der Waals surface area contributed by atoms with Gasteiger partial charge < -0.3 is 0 Å². The molecule has 0 fully saturated rings. The van der Waals surface area contributed by atoms with Crippen LogP contribution < -0.4 is 0 Å². The molecular weight excluding hydrogens is 651 g/mol. The van der Waals surface area contributed by atoms with Crippen molar-refractivity contribution in [3.8, 4) is 0 Å². The topological polar surface area (TPSA) is 0 Å². The Morgan fingerprint density at radius 2 is 0.286 bits per heavy atom. The standard InChI is InChI=1S/3Ni.4Sn. The number of rotatable bonds is 0. The van der Waals surface area contributed by atoms with Crippen LogP contribution >= 0.6 is 0 Å². The van der Waals surface area contributed by atoms with Gasteiger partial charge in [-0.2, -0.15) is 0 Å². The smallest absolute Gasteiger partial charge is 0 e. The molecule has 0 atom stereocenters. The summed E-state index contributed by atoms with van der Waals surface area (Å²) in [6.07, 6.45) is 0. The van der Waals surface area contributed by atoms with E-state index in [1.54, 1.807) is 0 Å². The van der Waals surface area contributed by atoms with Crippen molar-refractivity contribution in [3.05, 3.63) is 0 Å². The summed E-state index contributed by atoms with van der Waals surface area (Å²) in [7, 11) is 0. The van der Waals surface area contributed by atoms with Gasteiger partial charge in [0.1, 0.15) is 0 Å². The van der Waals surface area contributed by atoms with Crippen molar-refractivity contribution in [2.75, 3.05) is 0 Å². The van der Waals surface area contributed by atoms with E-state index in [1.807, 2.05) is 0 Å². The van der Waals surface area contributed by atoms with Crippen molar-refractivity contribution in [1.82, 2.24) is 0 Å². The molecule has 0 rings (SSSR count). The van der Waals surface area contributed by atoms with Crippen molar-refractivity contribution in [1.29, 1.82) is 0 Å². The van der Waals surface area contributed by atoms with Gasteiger partial charge in [0, 0.05) is 145 Å². The predicted molar refractivity (Wildman–Crippen MR) is 23.0 cm³/mol. The van der Waals surface area contributed by atoms with E-state index < -0.39 is 0 Å². The zero-order valence-electron chi connectivity index (χ0n) is 2.95. The van der Waals surface area contributed by atoms with E-state index in [4.69, 9.17) is 0 Å². The molecule has 0 nitrogen and oxygen atoms in total. The van der Waals surface area contributed by atoms with Gasteiger partial charge >= 0.3 is 0 Å². The second kappa shape index (κ2) is 45.7. The molecular formula is Ni3Sn4. The van der Waals surface area contributed by atoms with E-state index >= 15 is 0 Å². The molecule has 0 aromatic carbocycles. The van der Waals surface area contributed by atoms with Crippen LogP contribution in [0.25, 0.3) is 0 Å². The Kier molecular flexibility index (Phi) is 398. The van der Waals surface area contributed by atoms with Gasteiger partial charge in [-0.1, -0.05) is 0 Å². The SMILES string of the molecule is [Ni].[Ni].[Ni].[Sn].[Sn].[Sn].[Sn]. The Bertz CT molecular complexity index is 6.90. The fraction of sp³-hybridized carbons (Fsp3) is 0. The molecule has 0 spiro atoms. The third-order valence-corrected chi connectivity index (χ3v) is 0. The first-order valence-corrected chi connectivity index (χ1v) is 0. The fourth-order valence-electron chi connectivity index (χ4n) is 0. The molecule has 0 N–H and O–H groups in total. The summed E-state index contributed by atoms with van der Waals surface area (Å²) in [4.78, 5) is 0. The summed E-state index contributed by atoms with van der Waals surface area (Å²) in [5, 5.41) is 0. The molecule has 0 unspecified atom stereocenters. The molecule has 0 saturated carbocycles. The summed E-state index contributed by atoms with van der Waals surface area (Å²) in [6, 6.07) is 0. The molecule has 0 aliphatic rings. The van der Waals surface area contributed by atoms with Crippen LogP contribution in [-0.2, 0) is 49.5 Å². The summed E-state index contributed by atoms with van der Waals surface area (Å²) in [5.74, 6) is 0. The molecule has 0 aliphatic carbocycles. The molecule has 7 heteroatoms. The van der Waals surface area contributed by atoms with Crippen molar-refractivity contribution in [2.45, 2.75) is 0 Å². The Morgan fingerprint density at radius 3 is 0.286 bits per heavy atom. The van der Waals surface area contributed by atoms with Gasteiger partial charge in [0.25, 0.3) is 0 Å². The maximum absolute atomic E-state index is 0. The van der Waals surface area contributed by atoms with E-state index in [1.165, 1.54) is 0 Å². The quantitative estimate of drug-likeness (QED) is 0.280. The summed E-state index contributed by atoms with van der Waals surface area (Å²) in [5.41, 5.74) is 0. The average molecular weight is 651 g/mol. The molecule has 0 aromatic heterocycles. The van der Waals surface area contributed by atoms with Crippen LogP contribution in [0, 0.1) is 0 Å². The van der Waals surface area contributed by atoms with Crippen LogP contribution in [0.3, 0.4) is 0 Å². The largest absolute Gasteiger partial charge is 0 e. The van der Waals surface area contributed by atoms with E-state index in [0.29, 0.717) is 0 Å². The maximum atomic E-state index is 0. The molecule has 0 bridgehead atoms. The molecule has 0 heterocycles. The van der Waals surface area contributed by atoms with Gasteiger partial charge in [0.2, 0.25) is 0 Å². The predicted octanol–water partition coefficient (Wildman–Crippen LogP) is -1.53. The summed E-state index contributed by atoms with van der Waals surface area (Å²) >= 11 is 0. The minimum Gasteiger partial charge on any atom is 0 e. The maximum Gasteiger partial charge on any atom is 0 e. The van der Waals surface area contributed by atoms with Crippen molar-refractivity contribution in [2.24, 2.45) is 0 Å². The van der Waals surface area contributed by atoms with Gasteiger partial charge in [0.05, 0.1) is 0 Å². The first-order chi connectivity index (χ1) is 0. The molecule has 7 heavy (non-hydrogen) atoms. The zero-order chi connectivity index (χ0) is 0. The van der Waals surface area contributed by atoms with Gasteiger partial charge in [-0.3, -0.25) is 0 Å².